The zero-order chi connectivity index (χ0) is 15.1. The molecular weight excluding hydrogens is 262 g/mol. The molecule has 0 atom stereocenters. The SMILES string of the molecule is CCN(C)CCNC(=O)c1cc([N+](=O)[O-])ccc1NN. The molecule has 20 heavy (non-hydrogen) atoms. The van der Waals surface area contributed by atoms with Gasteiger partial charge in [-0.15, -0.1) is 0 Å². The minimum absolute atomic E-state index is 0.153. The van der Waals surface area contributed by atoms with Gasteiger partial charge >= 0.3 is 0 Å². The molecule has 0 spiro atoms. The maximum Gasteiger partial charge on any atom is 0.270 e. The molecule has 0 aromatic heterocycles. The normalized spacial score (nSPS) is 10.4. The molecule has 0 radical (unpaired) electrons. The van der Waals surface area contributed by atoms with Crippen molar-refractivity contribution in [3.63, 3.8) is 0 Å². The van der Waals surface area contributed by atoms with Gasteiger partial charge in [-0.25, -0.2) is 0 Å². The molecule has 0 saturated heterocycles. The number of carbonyl (C=O) groups is 1. The molecule has 1 aromatic carbocycles. The van der Waals surface area contributed by atoms with Crippen molar-refractivity contribution in [3.8, 4) is 0 Å². The quantitative estimate of drug-likeness (QED) is 0.382. The number of nitrogens with one attached hydrogen (secondary N) is 2. The molecule has 0 aliphatic carbocycles. The third-order valence-corrected chi connectivity index (χ3v) is 2.93. The van der Waals surface area contributed by atoms with Crippen molar-refractivity contribution in [2.45, 2.75) is 6.92 Å². The van der Waals surface area contributed by atoms with Crippen LogP contribution in [0.5, 0.6) is 0 Å². The molecule has 0 unspecified atom stereocenters. The number of hydrogen-bond donors (Lipinski definition) is 3. The highest BCUT2D eigenvalue weighted by Gasteiger charge is 2.16. The maximum atomic E-state index is 12.0. The summed E-state index contributed by atoms with van der Waals surface area (Å²) < 4.78 is 0. The second-order valence-electron chi connectivity index (χ2n) is 4.28. The third-order valence-electron chi connectivity index (χ3n) is 2.93. The van der Waals surface area contributed by atoms with Crippen LogP contribution in [0.15, 0.2) is 18.2 Å². The summed E-state index contributed by atoms with van der Waals surface area (Å²) in [6.45, 7) is 4.04. The number of nitrogen functional groups attached to an aromatic ring is 1. The van der Waals surface area contributed by atoms with E-state index >= 15 is 0 Å². The fraction of sp³-hybridized carbons (Fsp3) is 0.417. The minimum atomic E-state index is -0.554. The van der Waals surface area contributed by atoms with Gasteiger partial charge in [0.05, 0.1) is 16.2 Å². The Hall–Kier alpha value is -2.19. The van der Waals surface area contributed by atoms with Gasteiger partial charge in [-0.05, 0) is 19.7 Å². The molecule has 0 fully saturated rings. The second-order valence-corrected chi connectivity index (χ2v) is 4.28. The number of nitrogens with zero attached hydrogens (tertiary/aromatic N) is 2. The Morgan fingerprint density at radius 2 is 2.20 bits per heavy atom. The Morgan fingerprint density at radius 1 is 1.50 bits per heavy atom. The number of rotatable bonds is 7. The molecule has 0 aliphatic heterocycles. The Balaban J connectivity index is 2.79. The first-order chi connectivity index (χ1) is 9.49. The first-order valence-corrected chi connectivity index (χ1v) is 6.21. The molecular formula is C12H19N5O3. The number of nitro groups is 1. The van der Waals surface area contributed by atoms with E-state index < -0.39 is 10.8 Å². The summed E-state index contributed by atoms with van der Waals surface area (Å²) >= 11 is 0. The lowest BCUT2D eigenvalue weighted by atomic mass is 10.1. The van der Waals surface area contributed by atoms with Crippen LogP contribution in [0.2, 0.25) is 0 Å². The molecule has 4 N–H and O–H groups in total. The Morgan fingerprint density at radius 3 is 2.75 bits per heavy atom. The molecule has 1 amide bonds. The zero-order valence-corrected chi connectivity index (χ0v) is 11.5. The molecule has 8 nitrogen and oxygen atoms in total. The zero-order valence-electron chi connectivity index (χ0n) is 11.5. The standard InChI is InChI=1S/C12H19N5O3/c1-3-16(2)7-6-14-12(18)10-8-9(17(19)20)4-5-11(10)15-13/h4-5,8,15H,3,6-7,13H2,1-2H3,(H,14,18). The molecule has 110 valence electrons. The van der Waals surface area contributed by atoms with E-state index in [1.54, 1.807) is 0 Å². The number of hydrazine groups is 1. The van der Waals surface area contributed by atoms with Crippen molar-refractivity contribution >= 4 is 17.3 Å². The van der Waals surface area contributed by atoms with Crippen molar-refractivity contribution in [2.24, 2.45) is 5.84 Å². The van der Waals surface area contributed by atoms with Gasteiger partial charge in [0.1, 0.15) is 0 Å². The fourth-order valence-corrected chi connectivity index (χ4v) is 1.57. The van der Waals surface area contributed by atoms with Crippen molar-refractivity contribution in [2.75, 3.05) is 32.1 Å². The summed E-state index contributed by atoms with van der Waals surface area (Å²) in [4.78, 5) is 24.2. The van der Waals surface area contributed by atoms with E-state index in [9.17, 15) is 14.9 Å². The molecule has 0 heterocycles. The van der Waals surface area contributed by atoms with Gasteiger partial charge in [0.25, 0.3) is 11.6 Å². The van der Waals surface area contributed by atoms with Gasteiger partial charge in [-0.3, -0.25) is 20.8 Å². The summed E-state index contributed by atoms with van der Waals surface area (Å²) in [6, 6.07) is 3.90. The summed E-state index contributed by atoms with van der Waals surface area (Å²) in [7, 11) is 1.94. The van der Waals surface area contributed by atoms with E-state index in [0.717, 1.165) is 6.54 Å². The number of likely N-dealkylation sites (N-methyl/N-ethyl adjacent to an activating group) is 1. The van der Waals surface area contributed by atoms with Gasteiger partial charge < -0.3 is 15.6 Å². The predicted molar refractivity (Wildman–Crippen MR) is 76.4 cm³/mol. The highest BCUT2D eigenvalue weighted by atomic mass is 16.6. The van der Waals surface area contributed by atoms with Crippen molar-refractivity contribution in [3.05, 3.63) is 33.9 Å². The Kier molecular flexibility index (Phi) is 5.88. The minimum Gasteiger partial charge on any atom is -0.351 e. The van der Waals surface area contributed by atoms with Gasteiger partial charge in [-0.2, -0.15) is 0 Å². The molecule has 0 aliphatic rings. The van der Waals surface area contributed by atoms with Crippen LogP contribution in [0.1, 0.15) is 17.3 Å². The summed E-state index contributed by atoms with van der Waals surface area (Å²) in [5, 5.41) is 13.4. The Bertz CT molecular complexity index is 492. The van der Waals surface area contributed by atoms with Crippen LogP contribution in [0, 0.1) is 10.1 Å². The molecule has 1 aromatic rings. The fourth-order valence-electron chi connectivity index (χ4n) is 1.57. The first-order valence-electron chi connectivity index (χ1n) is 6.21. The lowest BCUT2D eigenvalue weighted by Crippen LogP contribution is -2.33. The van der Waals surface area contributed by atoms with Crippen LogP contribution in [0.25, 0.3) is 0 Å². The maximum absolute atomic E-state index is 12.0. The van der Waals surface area contributed by atoms with Gasteiger partial charge in [0.15, 0.2) is 0 Å². The van der Waals surface area contributed by atoms with Crippen molar-refractivity contribution in [1.82, 2.24) is 10.2 Å². The highest BCUT2D eigenvalue weighted by Crippen LogP contribution is 2.21. The van der Waals surface area contributed by atoms with E-state index in [2.05, 4.69) is 10.7 Å². The molecule has 0 saturated carbocycles. The monoisotopic (exact) mass is 281 g/mol. The number of amides is 1. The van der Waals surface area contributed by atoms with Crippen LogP contribution < -0.4 is 16.6 Å². The number of carbonyl (C=O) groups excluding carboxylic acids is 1. The van der Waals surface area contributed by atoms with Gasteiger partial charge in [-0.1, -0.05) is 6.92 Å². The largest absolute Gasteiger partial charge is 0.351 e. The number of non-ortho nitro benzene ring substituents is 1. The van der Waals surface area contributed by atoms with Crippen LogP contribution >= 0.6 is 0 Å². The predicted octanol–water partition coefficient (Wildman–Crippen LogP) is 0.562. The van der Waals surface area contributed by atoms with Crippen LogP contribution in [-0.2, 0) is 0 Å². The van der Waals surface area contributed by atoms with Crippen molar-refractivity contribution in [1.29, 1.82) is 0 Å². The lowest BCUT2D eigenvalue weighted by Gasteiger charge is -2.14. The number of benzene rings is 1. The second kappa shape index (κ2) is 7.41. The van der Waals surface area contributed by atoms with E-state index in [1.165, 1.54) is 18.2 Å². The van der Waals surface area contributed by atoms with E-state index in [4.69, 9.17) is 5.84 Å². The summed E-state index contributed by atoms with van der Waals surface area (Å²) in [5.74, 6) is 4.91. The van der Waals surface area contributed by atoms with E-state index in [0.29, 0.717) is 18.8 Å². The molecule has 8 heteroatoms. The Labute approximate surface area is 117 Å². The smallest absolute Gasteiger partial charge is 0.270 e. The number of nitrogens with two attached hydrogens (primary N) is 1. The van der Waals surface area contributed by atoms with Crippen molar-refractivity contribution < 1.29 is 9.72 Å². The van der Waals surface area contributed by atoms with E-state index in [1.807, 2.05) is 18.9 Å². The third kappa shape index (κ3) is 4.18. The van der Waals surface area contributed by atoms with Gasteiger partial charge in [0.2, 0.25) is 0 Å². The summed E-state index contributed by atoms with van der Waals surface area (Å²) in [6.07, 6.45) is 0. The summed E-state index contributed by atoms with van der Waals surface area (Å²) in [5.41, 5.74) is 2.70. The van der Waals surface area contributed by atoms with E-state index in [-0.39, 0.29) is 11.3 Å². The van der Waals surface area contributed by atoms with Crippen LogP contribution in [-0.4, -0.2) is 42.4 Å². The molecule has 0 bridgehead atoms. The van der Waals surface area contributed by atoms with Crippen LogP contribution in [0.3, 0.4) is 0 Å². The number of hydrogen-bond acceptors (Lipinski definition) is 6. The van der Waals surface area contributed by atoms with Crippen LogP contribution in [0.4, 0.5) is 11.4 Å². The van der Waals surface area contributed by atoms with Gasteiger partial charge in [0, 0.05) is 25.2 Å². The number of anilines is 1. The average molecular weight is 281 g/mol. The highest BCUT2D eigenvalue weighted by molar-refractivity contribution is 6.00. The lowest BCUT2D eigenvalue weighted by molar-refractivity contribution is -0.384. The average Bonchev–Trinajstić information content (AvgIpc) is 2.45. The molecule has 1 rings (SSSR count). The first kappa shape index (κ1) is 15.9. The topological polar surface area (TPSA) is 114 Å². The number of nitro benzene ring substituents is 1.